The van der Waals surface area contributed by atoms with Gasteiger partial charge in [0.15, 0.2) is 0 Å². The Labute approximate surface area is 434 Å². The molecule has 3 aromatic carbocycles. The van der Waals surface area contributed by atoms with Gasteiger partial charge in [-0.15, -0.1) is 0 Å². The van der Waals surface area contributed by atoms with Crippen molar-refractivity contribution in [2.75, 3.05) is 64.4 Å². The number of hydrogen-bond donors (Lipinski definition) is 4. The van der Waals surface area contributed by atoms with E-state index >= 15 is 0 Å². The number of benzene rings is 3. The molecule has 0 bridgehead atoms. The molecule has 3 amide bonds. The smallest absolute Gasteiger partial charge is 0.261 e. The maximum atomic E-state index is 13.0. The summed E-state index contributed by atoms with van der Waals surface area (Å²) < 4.78 is 0. The molecule has 0 atom stereocenters. The highest BCUT2D eigenvalue weighted by Gasteiger charge is 2.35. The lowest BCUT2D eigenvalue weighted by Gasteiger charge is -2.31. The zero-order chi connectivity index (χ0) is 52.6. The van der Waals surface area contributed by atoms with Crippen LogP contribution in [0.2, 0.25) is 0 Å². The van der Waals surface area contributed by atoms with Crippen molar-refractivity contribution in [3.05, 3.63) is 106 Å². The Morgan fingerprint density at radius 2 is 1.15 bits per heavy atom. The molecule has 5 aromatic rings. The molecule has 2 fully saturated rings. The molecule has 2 aromatic heterocycles. The van der Waals surface area contributed by atoms with Crippen LogP contribution in [0.5, 0.6) is 0 Å². The Hall–Kier alpha value is -6.77. The van der Waals surface area contributed by atoms with E-state index in [1.54, 1.807) is 24.3 Å². The van der Waals surface area contributed by atoms with Gasteiger partial charge >= 0.3 is 0 Å². The number of amides is 3. The molecule has 0 unspecified atom stereocenters. The van der Waals surface area contributed by atoms with Crippen LogP contribution in [0, 0.1) is 24.7 Å². The number of carbonyl (C=O) groups is 3. The predicted molar refractivity (Wildman–Crippen MR) is 298 cm³/mol. The first kappa shape index (κ1) is 54.0. The summed E-state index contributed by atoms with van der Waals surface area (Å²) in [5.74, 6) is 4.13. The van der Waals surface area contributed by atoms with Crippen molar-refractivity contribution in [1.29, 1.82) is 0 Å². The lowest BCUT2D eigenvalue weighted by atomic mass is 9.96. The summed E-state index contributed by atoms with van der Waals surface area (Å²) in [6.07, 6.45) is 9.80. The third-order valence-electron chi connectivity index (χ3n) is 13.6. The van der Waals surface area contributed by atoms with E-state index in [0.717, 1.165) is 76.5 Å². The van der Waals surface area contributed by atoms with Gasteiger partial charge in [-0.1, -0.05) is 104 Å². The van der Waals surface area contributed by atoms with E-state index in [2.05, 4.69) is 118 Å². The van der Waals surface area contributed by atoms with E-state index in [9.17, 15) is 14.4 Å². The average molecular weight is 993 g/mol. The van der Waals surface area contributed by atoms with Crippen molar-refractivity contribution >= 4 is 64.3 Å². The van der Waals surface area contributed by atoms with Crippen LogP contribution >= 0.6 is 0 Å². The van der Waals surface area contributed by atoms with Crippen LogP contribution in [0.1, 0.15) is 150 Å². The van der Waals surface area contributed by atoms with Gasteiger partial charge in [-0.3, -0.25) is 19.3 Å². The van der Waals surface area contributed by atoms with Gasteiger partial charge in [-0.05, 0) is 104 Å². The number of nitrogens with one attached hydrogen (secondary N) is 4. The van der Waals surface area contributed by atoms with Crippen molar-refractivity contribution in [1.82, 2.24) is 30.2 Å². The largest absolute Gasteiger partial charge is 0.367 e. The van der Waals surface area contributed by atoms with Gasteiger partial charge < -0.3 is 36.0 Å². The van der Waals surface area contributed by atoms with E-state index < -0.39 is 0 Å². The zero-order valence-corrected chi connectivity index (χ0v) is 45.6. The average Bonchev–Trinajstić information content (AvgIpc) is 4.10. The Kier molecular flexibility index (Phi) is 17.3. The van der Waals surface area contributed by atoms with Crippen molar-refractivity contribution in [3.8, 4) is 0 Å². The summed E-state index contributed by atoms with van der Waals surface area (Å²) in [6, 6.07) is 24.2. The van der Waals surface area contributed by atoms with E-state index in [1.165, 1.54) is 63.2 Å². The van der Waals surface area contributed by atoms with Crippen molar-refractivity contribution in [2.45, 2.75) is 146 Å². The Balaban J connectivity index is 0.000000221. The molecular formula is C58H80N12O3. The highest BCUT2D eigenvalue weighted by molar-refractivity contribution is 6.21. The van der Waals surface area contributed by atoms with Gasteiger partial charge in [0.25, 0.3) is 11.8 Å². The predicted octanol–water partition coefficient (Wildman–Crippen LogP) is 11.6. The second kappa shape index (κ2) is 23.4. The fourth-order valence-electron chi connectivity index (χ4n) is 10.1. The van der Waals surface area contributed by atoms with Crippen molar-refractivity contribution < 1.29 is 14.4 Å². The minimum Gasteiger partial charge on any atom is -0.367 e. The number of aromatic nitrogens is 4. The van der Waals surface area contributed by atoms with E-state index in [-0.39, 0.29) is 35.1 Å². The molecule has 3 heterocycles. The minimum atomic E-state index is -0.255. The summed E-state index contributed by atoms with van der Waals surface area (Å²) in [6.45, 7) is 24.5. The standard InChI is InChI=1S/C33H42N6O2.C25H38N6O/c1-7-38(24-12-8-9-13-24)29-19-28(37(6)21-33(3,4)5)35-32(36-29)34-27-18-23(17-16-22(27)2)20-39-30(40)25-14-10-11-15-26(25)31(39)41;1-17-11-12-19(15-26-18(2)32)13-21(17)28-24-29-22(27-20-9-7-8-10-20)14-23(30-24)31(6)16-25(3,4)5/h10-11,14-19,24H,7-9,12-13,20-21H2,1-6H3,(H,34,35,36);11-14,20H,7-10,15-16H2,1-6H3,(H,26,32)(H2,27,28,29,30). The number of carbonyl (C=O) groups excluding carboxylic acids is 3. The summed E-state index contributed by atoms with van der Waals surface area (Å²) in [5.41, 5.74) is 6.98. The molecule has 0 saturated heterocycles. The summed E-state index contributed by atoms with van der Waals surface area (Å²) in [5, 5.41) is 13.4. The molecule has 2 aliphatic carbocycles. The maximum absolute atomic E-state index is 13.0. The number of fused-ring (bicyclic) bond motifs is 1. The molecule has 390 valence electrons. The quantitative estimate of drug-likeness (QED) is 0.0652. The minimum absolute atomic E-state index is 0.0411. The van der Waals surface area contributed by atoms with Crippen LogP contribution in [0.4, 0.5) is 46.5 Å². The number of rotatable bonds is 17. The molecule has 0 radical (unpaired) electrons. The Morgan fingerprint density at radius 1 is 0.658 bits per heavy atom. The highest BCUT2D eigenvalue weighted by atomic mass is 16.2. The summed E-state index contributed by atoms with van der Waals surface area (Å²) >= 11 is 0. The first-order valence-electron chi connectivity index (χ1n) is 26.3. The van der Waals surface area contributed by atoms with Crippen LogP contribution in [0.25, 0.3) is 0 Å². The normalized spacial score (nSPS) is 14.9. The fraction of sp³-hybridized carbons (Fsp3) is 0.500. The maximum Gasteiger partial charge on any atom is 0.261 e. The van der Waals surface area contributed by atoms with Gasteiger partial charge in [0, 0.05) is 82.8 Å². The molecule has 15 nitrogen and oxygen atoms in total. The van der Waals surface area contributed by atoms with Crippen LogP contribution in [0.3, 0.4) is 0 Å². The van der Waals surface area contributed by atoms with Gasteiger partial charge in [0.2, 0.25) is 17.8 Å². The molecule has 3 aliphatic rings. The van der Waals surface area contributed by atoms with Crippen molar-refractivity contribution in [2.24, 2.45) is 10.8 Å². The van der Waals surface area contributed by atoms with Crippen molar-refractivity contribution in [3.63, 3.8) is 0 Å². The molecule has 4 N–H and O–H groups in total. The van der Waals surface area contributed by atoms with Crippen LogP contribution in [-0.4, -0.2) is 88.4 Å². The second-order valence-electron chi connectivity index (χ2n) is 22.7. The van der Waals surface area contributed by atoms with Gasteiger partial charge in [0.05, 0.1) is 17.7 Å². The molecular weight excluding hydrogens is 913 g/mol. The number of anilines is 8. The SMILES string of the molecule is CC(=O)NCc1ccc(C)c(Nc2nc(NC3CCCC3)cc(N(C)CC(C)(C)C)n2)c1.CCN(c1cc(N(C)CC(C)(C)C)nc(Nc2cc(CN3C(=O)c4ccccc4C3=O)ccc2C)n1)C1CCCC1. The van der Waals surface area contributed by atoms with Crippen LogP contribution in [-0.2, 0) is 17.9 Å². The number of imide groups is 1. The second-order valence-corrected chi connectivity index (χ2v) is 22.7. The summed E-state index contributed by atoms with van der Waals surface area (Å²) in [7, 11) is 4.16. The molecule has 73 heavy (non-hydrogen) atoms. The van der Waals surface area contributed by atoms with Gasteiger partial charge in [-0.2, -0.15) is 19.9 Å². The van der Waals surface area contributed by atoms with Crippen LogP contribution in [0.15, 0.2) is 72.8 Å². The van der Waals surface area contributed by atoms with Gasteiger partial charge in [0.1, 0.15) is 23.3 Å². The molecule has 1 aliphatic heterocycles. The Morgan fingerprint density at radius 3 is 1.68 bits per heavy atom. The molecule has 2 saturated carbocycles. The molecule has 8 rings (SSSR count). The Bertz CT molecular complexity index is 2700. The third kappa shape index (κ3) is 14.7. The zero-order valence-electron chi connectivity index (χ0n) is 45.6. The lowest BCUT2D eigenvalue weighted by Crippen LogP contribution is -2.35. The molecule has 0 spiro atoms. The molecule has 15 heteroatoms. The first-order chi connectivity index (χ1) is 34.6. The monoisotopic (exact) mass is 993 g/mol. The first-order valence-corrected chi connectivity index (χ1v) is 26.3. The van der Waals surface area contributed by atoms with E-state index in [4.69, 9.17) is 19.9 Å². The number of aryl methyl sites for hydroxylation is 2. The fourth-order valence-corrected chi connectivity index (χ4v) is 10.1. The highest BCUT2D eigenvalue weighted by Crippen LogP contribution is 2.33. The number of hydrogen-bond acceptors (Lipinski definition) is 13. The number of nitrogens with zero attached hydrogens (tertiary/aromatic N) is 8. The lowest BCUT2D eigenvalue weighted by molar-refractivity contribution is -0.119. The topological polar surface area (TPSA) is 164 Å². The third-order valence-corrected chi connectivity index (χ3v) is 13.6. The summed E-state index contributed by atoms with van der Waals surface area (Å²) in [4.78, 5) is 64.9. The van der Waals surface area contributed by atoms with E-state index in [1.807, 2.05) is 43.3 Å². The van der Waals surface area contributed by atoms with Crippen LogP contribution < -0.4 is 36.0 Å². The van der Waals surface area contributed by atoms with Gasteiger partial charge in [-0.25, -0.2) is 0 Å². The van der Waals surface area contributed by atoms with E-state index in [0.29, 0.717) is 41.7 Å².